The first-order valence-corrected chi connectivity index (χ1v) is 10.8. The summed E-state index contributed by atoms with van der Waals surface area (Å²) >= 11 is 2.95. The van der Waals surface area contributed by atoms with Crippen molar-refractivity contribution in [1.29, 1.82) is 0 Å². The molecule has 1 atom stereocenters. The number of halogens is 5. The molecule has 0 fully saturated rings. The molecule has 186 valence electrons. The molecule has 0 aliphatic rings. The first-order valence-electron chi connectivity index (χ1n) is 10.0. The van der Waals surface area contributed by atoms with Crippen LogP contribution in [-0.2, 0) is 6.18 Å². The van der Waals surface area contributed by atoms with Crippen molar-refractivity contribution in [2.75, 3.05) is 18.8 Å². The molecule has 0 bridgehead atoms. The van der Waals surface area contributed by atoms with Crippen LogP contribution in [0, 0.1) is 5.82 Å². The van der Waals surface area contributed by atoms with Crippen molar-refractivity contribution in [2.24, 2.45) is 0 Å². The van der Waals surface area contributed by atoms with Gasteiger partial charge in [0, 0.05) is 17.6 Å². The van der Waals surface area contributed by atoms with Crippen LogP contribution in [0.4, 0.5) is 23.4 Å². The molecular weight excluding hydrogens is 538 g/mol. The molecule has 2 amide bonds. The van der Waals surface area contributed by atoms with Crippen LogP contribution in [0.15, 0.2) is 53.1 Å². The topological polar surface area (TPSA) is 122 Å². The second-order valence-electron chi connectivity index (χ2n) is 7.85. The number of carbonyl (C=O) groups is 2. The second kappa shape index (κ2) is 10.0. The third-order valence-corrected chi connectivity index (χ3v) is 5.59. The molecule has 3 aromatic rings. The summed E-state index contributed by atoms with van der Waals surface area (Å²) in [7, 11) is 0. The Hall–Kier alpha value is -3.45. The van der Waals surface area contributed by atoms with E-state index in [4.69, 9.17) is 5.73 Å². The van der Waals surface area contributed by atoms with Crippen molar-refractivity contribution in [1.82, 2.24) is 20.4 Å². The van der Waals surface area contributed by atoms with Gasteiger partial charge >= 0.3 is 6.18 Å². The SMILES string of the molecule is CC(O)(CNC(=O)c1cnn(-c2ccc(F)cc2)c1N)CNC(=O)c1c(Br)cccc1C(F)(F)F. The summed E-state index contributed by atoms with van der Waals surface area (Å²) < 4.78 is 54.1. The highest BCUT2D eigenvalue weighted by Gasteiger charge is 2.36. The molecule has 8 nitrogen and oxygen atoms in total. The minimum absolute atomic E-state index is 0.0165. The minimum Gasteiger partial charge on any atom is -0.386 e. The Labute approximate surface area is 205 Å². The van der Waals surface area contributed by atoms with E-state index in [-0.39, 0.29) is 22.4 Å². The van der Waals surface area contributed by atoms with Gasteiger partial charge in [0.1, 0.15) is 17.2 Å². The Morgan fingerprint density at radius 1 is 1.09 bits per heavy atom. The predicted molar refractivity (Wildman–Crippen MR) is 122 cm³/mol. The van der Waals surface area contributed by atoms with Gasteiger partial charge in [-0.2, -0.15) is 18.3 Å². The van der Waals surface area contributed by atoms with Gasteiger partial charge in [0.2, 0.25) is 0 Å². The number of hydrogen-bond acceptors (Lipinski definition) is 5. The van der Waals surface area contributed by atoms with Gasteiger partial charge in [-0.25, -0.2) is 9.07 Å². The fourth-order valence-electron chi connectivity index (χ4n) is 3.10. The zero-order valence-corrected chi connectivity index (χ0v) is 19.7. The Morgan fingerprint density at radius 3 is 2.29 bits per heavy atom. The van der Waals surface area contributed by atoms with Gasteiger partial charge < -0.3 is 21.5 Å². The van der Waals surface area contributed by atoms with Crippen molar-refractivity contribution < 1.29 is 32.3 Å². The smallest absolute Gasteiger partial charge is 0.386 e. The first-order chi connectivity index (χ1) is 16.3. The van der Waals surface area contributed by atoms with E-state index in [1.807, 2.05) is 0 Å². The average Bonchev–Trinajstić information content (AvgIpc) is 3.17. The number of amides is 2. The highest BCUT2D eigenvalue weighted by molar-refractivity contribution is 9.10. The van der Waals surface area contributed by atoms with E-state index in [2.05, 4.69) is 31.7 Å². The van der Waals surface area contributed by atoms with Gasteiger partial charge in [-0.3, -0.25) is 9.59 Å². The number of aliphatic hydroxyl groups is 1. The summed E-state index contributed by atoms with van der Waals surface area (Å²) in [4.78, 5) is 25.0. The van der Waals surface area contributed by atoms with Crippen molar-refractivity contribution in [3.8, 4) is 5.69 Å². The maximum absolute atomic E-state index is 13.3. The number of benzene rings is 2. The molecule has 35 heavy (non-hydrogen) atoms. The highest BCUT2D eigenvalue weighted by Crippen LogP contribution is 2.35. The number of nitrogen functional groups attached to an aromatic ring is 1. The molecule has 1 aromatic heterocycles. The van der Waals surface area contributed by atoms with Crippen LogP contribution < -0.4 is 16.4 Å². The van der Waals surface area contributed by atoms with Crippen LogP contribution in [0.3, 0.4) is 0 Å². The van der Waals surface area contributed by atoms with Gasteiger partial charge in [-0.15, -0.1) is 0 Å². The van der Waals surface area contributed by atoms with Crippen LogP contribution >= 0.6 is 15.9 Å². The summed E-state index contributed by atoms with van der Waals surface area (Å²) in [5.41, 5.74) is 2.90. The number of nitrogens with one attached hydrogen (secondary N) is 2. The number of nitrogens with zero attached hydrogens (tertiary/aromatic N) is 2. The lowest BCUT2D eigenvalue weighted by molar-refractivity contribution is -0.138. The van der Waals surface area contributed by atoms with E-state index in [1.165, 1.54) is 48.1 Å². The van der Waals surface area contributed by atoms with Gasteiger partial charge in [-0.1, -0.05) is 6.07 Å². The fraction of sp³-hybridized carbons (Fsp3) is 0.227. The Balaban J connectivity index is 1.64. The molecule has 1 heterocycles. The van der Waals surface area contributed by atoms with Crippen LogP contribution in [0.25, 0.3) is 5.69 Å². The number of carbonyl (C=O) groups excluding carboxylic acids is 2. The summed E-state index contributed by atoms with van der Waals surface area (Å²) in [6.45, 7) is 0.452. The largest absolute Gasteiger partial charge is 0.417 e. The number of nitrogens with two attached hydrogens (primary N) is 1. The zero-order chi connectivity index (χ0) is 26.0. The average molecular weight is 558 g/mol. The van der Waals surface area contributed by atoms with Crippen molar-refractivity contribution >= 4 is 33.6 Å². The molecule has 0 saturated heterocycles. The molecule has 3 rings (SSSR count). The molecule has 13 heteroatoms. The Morgan fingerprint density at radius 2 is 1.69 bits per heavy atom. The van der Waals surface area contributed by atoms with Gasteiger partial charge in [0.25, 0.3) is 11.8 Å². The van der Waals surface area contributed by atoms with Crippen molar-refractivity contribution in [2.45, 2.75) is 18.7 Å². The Bertz CT molecular complexity index is 1240. The van der Waals surface area contributed by atoms with Crippen LogP contribution in [0.2, 0.25) is 0 Å². The highest BCUT2D eigenvalue weighted by atomic mass is 79.9. The van der Waals surface area contributed by atoms with Gasteiger partial charge in [-0.05, 0) is 59.3 Å². The summed E-state index contributed by atoms with van der Waals surface area (Å²) in [5.74, 6) is -2.23. The predicted octanol–water partition coefficient (Wildman–Crippen LogP) is 3.29. The first kappa shape index (κ1) is 26.2. The molecule has 0 saturated carbocycles. The van der Waals surface area contributed by atoms with Crippen molar-refractivity contribution in [3.05, 3.63) is 75.6 Å². The lowest BCUT2D eigenvalue weighted by Gasteiger charge is -2.24. The number of anilines is 1. The van der Waals surface area contributed by atoms with E-state index in [0.717, 1.165) is 12.1 Å². The van der Waals surface area contributed by atoms with E-state index in [9.17, 15) is 32.3 Å². The third kappa shape index (κ3) is 6.17. The number of alkyl halides is 3. The molecule has 2 aromatic carbocycles. The van der Waals surface area contributed by atoms with Gasteiger partial charge in [0.05, 0.1) is 28.6 Å². The maximum Gasteiger partial charge on any atom is 0.417 e. The van der Waals surface area contributed by atoms with Crippen LogP contribution in [0.1, 0.15) is 33.2 Å². The quantitative estimate of drug-likeness (QED) is 0.332. The number of aromatic nitrogens is 2. The summed E-state index contributed by atoms with van der Waals surface area (Å²) in [5, 5.41) is 19.2. The van der Waals surface area contributed by atoms with E-state index in [1.54, 1.807) is 0 Å². The normalized spacial score (nSPS) is 13.2. The molecule has 1 unspecified atom stereocenters. The lowest BCUT2D eigenvalue weighted by atomic mass is 10.0. The summed E-state index contributed by atoms with van der Waals surface area (Å²) in [6.07, 6.45) is -3.57. The summed E-state index contributed by atoms with van der Waals surface area (Å²) in [6, 6.07) is 8.46. The van der Waals surface area contributed by atoms with E-state index < -0.39 is 47.1 Å². The molecule has 0 aliphatic carbocycles. The monoisotopic (exact) mass is 557 g/mol. The Kier molecular flexibility index (Phi) is 7.50. The van der Waals surface area contributed by atoms with E-state index in [0.29, 0.717) is 5.69 Å². The van der Waals surface area contributed by atoms with E-state index >= 15 is 0 Å². The molecule has 0 radical (unpaired) electrons. The molecular formula is C22H20BrF4N5O3. The fourth-order valence-corrected chi connectivity index (χ4v) is 3.65. The van der Waals surface area contributed by atoms with Crippen molar-refractivity contribution in [3.63, 3.8) is 0 Å². The minimum atomic E-state index is -4.76. The third-order valence-electron chi connectivity index (χ3n) is 4.93. The van der Waals surface area contributed by atoms with Gasteiger partial charge in [0.15, 0.2) is 0 Å². The lowest BCUT2D eigenvalue weighted by Crippen LogP contribution is -2.49. The molecule has 5 N–H and O–H groups in total. The van der Waals surface area contributed by atoms with Crippen LogP contribution in [0.5, 0.6) is 0 Å². The standard InChI is InChI=1S/C22H20BrF4N5O3/c1-21(35,11-30-20(34)17-15(22(25,26)27)3-2-4-16(17)23)10-29-19(33)14-9-31-32(18(14)28)13-7-5-12(24)6-8-13/h2-9,35H,10-11,28H2,1H3,(H,29,33)(H,30,34). The zero-order valence-electron chi connectivity index (χ0n) is 18.2. The number of rotatable bonds is 7. The second-order valence-corrected chi connectivity index (χ2v) is 8.71. The number of hydrogen-bond donors (Lipinski definition) is 4. The molecule has 0 spiro atoms. The maximum atomic E-state index is 13.3. The molecule has 0 aliphatic heterocycles. The van der Waals surface area contributed by atoms with Crippen LogP contribution in [-0.4, -0.2) is 45.4 Å².